The Morgan fingerprint density at radius 1 is 1.15 bits per heavy atom. The number of nitrogens with zero attached hydrogens (tertiary/aromatic N) is 3. The summed E-state index contributed by atoms with van der Waals surface area (Å²) in [7, 11) is 0. The van der Waals surface area contributed by atoms with Crippen molar-refractivity contribution in [1.82, 2.24) is 14.8 Å². The number of rotatable bonds is 7. The number of nitriles is 1. The smallest absolute Gasteiger partial charge is 0.135 e. The van der Waals surface area contributed by atoms with Crippen LogP contribution in [0.1, 0.15) is 75.2 Å². The van der Waals surface area contributed by atoms with Crippen LogP contribution in [0.2, 0.25) is 0 Å². The van der Waals surface area contributed by atoms with Gasteiger partial charge in [0, 0.05) is 59.0 Å². The van der Waals surface area contributed by atoms with Gasteiger partial charge in [-0.3, -0.25) is 9.80 Å². The van der Waals surface area contributed by atoms with Crippen molar-refractivity contribution in [2.24, 2.45) is 5.41 Å². The second-order valence-corrected chi connectivity index (χ2v) is 12.6. The molecule has 39 heavy (non-hydrogen) atoms. The summed E-state index contributed by atoms with van der Waals surface area (Å²) in [6.07, 6.45) is 6.22. The van der Waals surface area contributed by atoms with Gasteiger partial charge in [0.05, 0.1) is 17.5 Å². The van der Waals surface area contributed by atoms with Crippen LogP contribution in [0, 0.1) is 28.4 Å². The molecule has 2 aromatic carbocycles. The maximum absolute atomic E-state index is 16.1. The minimum absolute atomic E-state index is 0.0547. The fourth-order valence-corrected chi connectivity index (χ4v) is 8.17. The Morgan fingerprint density at radius 2 is 1.90 bits per heavy atom. The van der Waals surface area contributed by atoms with E-state index in [1.807, 2.05) is 18.2 Å². The number of aromatic nitrogens is 1. The molecule has 2 bridgehead atoms. The Kier molecular flexibility index (Phi) is 5.81. The van der Waals surface area contributed by atoms with Crippen molar-refractivity contribution < 1.29 is 13.5 Å². The van der Waals surface area contributed by atoms with E-state index in [9.17, 15) is 5.26 Å². The molecule has 5 nitrogen and oxygen atoms in total. The topological polar surface area (TPSA) is 55.3 Å². The van der Waals surface area contributed by atoms with E-state index in [1.54, 1.807) is 0 Å². The average molecular weight is 531 g/mol. The zero-order valence-corrected chi connectivity index (χ0v) is 22.8. The number of unbranched alkanes of at least 4 members (excludes halogenated alkanes) is 1. The lowest BCUT2D eigenvalue weighted by molar-refractivity contribution is -0.212. The van der Waals surface area contributed by atoms with Crippen LogP contribution < -0.4 is 4.74 Å². The van der Waals surface area contributed by atoms with Crippen molar-refractivity contribution in [3.05, 3.63) is 64.9 Å². The predicted octanol–water partition coefficient (Wildman–Crippen LogP) is 6.48. The molecule has 3 atom stereocenters. The summed E-state index contributed by atoms with van der Waals surface area (Å²) in [6, 6.07) is 12.9. The first-order valence-corrected chi connectivity index (χ1v) is 14.5. The molecule has 3 aromatic rings. The second kappa shape index (κ2) is 9.04. The molecule has 4 fully saturated rings. The van der Waals surface area contributed by atoms with E-state index in [4.69, 9.17) is 4.74 Å². The lowest BCUT2D eigenvalue weighted by atomic mass is 9.39. The van der Waals surface area contributed by atoms with Gasteiger partial charge in [0.25, 0.3) is 0 Å². The Hall–Kier alpha value is -2.95. The van der Waals surface area contributed by atoms with Crippen molar-refractivity contribution in [3.8, 4) is 11.8 Å². The fraction of sp³-hybridized carbons (Fsp3) is 0.531. The molecule has 7 heteroatoms. The van der Waals surface area contributed by atoms with Crippen molar-refractivity contribution in [2.75, 3.05) is 19.6 Å². The lowest BCUT2D eigenvalue weighted by Crippen LogP contribution is -2.76. The summed E-state index contributed by atoms with van der Waals surface area (Å²) in [5.41, 5.74) is 2.63. The van der Waals surface area contributed by atoms with E-state index in [0.29, 0.717) is 0 Å². The first-order chi connectivity index (χ1) is 18.9. The van der Waals surface area contributed by atoms with Gasteiger partial charge in [-0.2, -0.15) is 5.26 Å². The molecule has 0 radical (unpaired) electrons. The summed E-state index contributed by atoms with van der Waals surface area (Å²) >= 11 is 0. The summed E-state index contributed by atoms with van der Waals surface area (Å²) in [6.45, 7) is 7.13. The number of benzene rings is 2. The Bertz CT molecular complexity index is 1430. The summed E-state index contributed by atoms with van der Waals surface area (Å²) in [4.78, 5) is 8.24. The standard InChI is InChI=1S/C32H36F2N4O/c1-3-4-10-37-11-9-21(15-37)39-22-13-25(33)28(26(34)14-22)30-29-24(23-7-5-6-8-27(23)36-29)12-20(2)38(30)32-16-31(17-32,18-32)19-35/h5-8,13-14,20-21,30,36H,3-4,9-12,15-18H2,1-2H3/t20-,21-,30-,31?,32?/m0/s1. The van der Waals surface area contributed by atoms with E-state index in [1.165, 1.54) is 12.1 Å². The zero-order chi connectivity index (χ0) is 26.9. The van der Waals surface area contributed by atoms with Crippen molar-refractivity contribution >= 4 is 10.9 Å². The molecule has 1 saturated heterocycles. The van der Waals surface area contributed by atoms with Crippen LogP contribution in [-0.2, 0) is 6.42 Å². The molecule has 8 rings (SSSR count). The SMILES string of the molecule is CCCCN1CC[C@H](Oc2cc(F)c([C@H]3c4[nH]c5ccccc5c4C[C@H](C)N3C34CC(C#N)(C3)C4)c(F)c2)C1. The third kappa shape index (κ3) is 3.82. The van der Waals surface area contributed by atoms with Gasteiger partial charge in [-0.25, -0.2) is 8.78 Å². The van der Waals surface area contributed by atoms with Crippen molar-refractivity contribution in [1.29, 1.82) is 5.26 Å². The minimum atomic E-state index is -0.585. The summed E-state index contributed by atoms with van der Waals surface area (Å²) in [5, 5.41) is 10.8. The van der Waals surface area contributed by atoms with Crippen molar-refractivity contribution in [3.63, 3.8) is 0 Å². The van der Waals surface area contributed by atoms with Gasteiger partial charge in [-0.05, 0) is 63.6 Å². The molecule has 3 saturated carbocycles. The number of likely N-dealkylation sites (tertiary alicyclic amines) is 1. The second-order valence-electron chi connectivity index (χ2n) is 12.6. The maximum atomic E-state index is 16.1. The molecule has 0 unspecified atom stereocenters. The maximum Gasteiger partial charge on any atom is 0.135 e. The van der Waals surface area contributed by atoms with E-state index >= 15 is 8.78 Å². The van der Waals surface area contributed by atoms with Crippen LogP contribution in [0.4, 0.5) is 8.78 Å². The van der Waals surface area contributed by atoms with Crippen LogP contribution in [0.5, 0.6) is 5.75 Å². The van der Waals surface area contributed by atoms with Gasteiger partial charge >= 0.3 is 0 Å². The largest absolute Gasteiger partial charge is 0.489 e. The van der Waals surface area contributed by atoms with Gasteiger partial charge in [0.2, 0.25) is 0 Å². The Morgan fingerprint density at radius 3 is 2.62 bits per heavy atom. The van der Waals surface area contributed by atoms with Crippen LogP contribution in [0.3, 0.4) is 0 Å². The van der Waals surface area contributed by atoms with E-state index < -0.39 is 17.7 Å². The third-order valence-electron chi connectivity index (χ3n) is 9.85. The van der Waals surface area contributed by atoms with Crippen LogP contribution in [0.15, 0.2) is 36.4 Å². The van der Waals surface area contributed by atoms with Crippen molar-refractivity contribution in [2.45, 2.75) is 82.5 Å². The Balaban J connectivity index is 1.25. The highest BCUT2D eigenvalue weighted by molar-refractivity contribution is 5.85. The molecule has 2 aliphatic heterocycles. The molecule has 0 amide bonds. The first kappa shape index (κ1) is 25.0. The summed E-state index contributed by atoms with van der Waals surface area (Å²) < 4.78 is 38.3. The first-order valence-electron chi connectivity index (χ1n) is 14.5. The monoisotopic (exact) mass is 530 g/mol. The number of fused-ring (bicyclic) bond motifs is 3. The normalized spacial score (nSPS) is 31.9. The van der Waals surface area contributed by atoms with Gasteiger partial charge in [0.15, 0.2) is 0 Å². The number of hydrogen-bond acceptors (Lipinski definition) is 4. The highest BCUT2D eigenvalue weighted by Crippen LogP contribution is 2.72. The third-order valence-corrected chi connectivity index (χ3v) is 9.85. The number of halogens is 2. The molecule has 5 aliphatic rings. The highest BCUT2D eigenvalue weighted by atomic mass is 19.1. The number of hydrogen-bond donors (Lipinski definition) is 1. The van der Waals surface area contributed by atoms with E-state index in [2.05, 4.69) is 40.8 Å². The van der Waals surface area contributed by atoms with E-state index in [0.717, 1.165) is 86.7 Å². The molecule has 1 aromatic heterocycles. The molecule has 1 N–H and O–H groups in total. The van der Waals surface area contributed by atoms with Crippen LogP contribution in [0.25, 0.3) is 10.9 Å². The lowest BCUT2D eigenvalue weighted by Gasteiger charge is -2.73. The quantitative estimate of drug-likeness (QED) is 0.380. The van der Waals surface area contributed by atoms with E-state index in [-0.39, 0.29) is 34.4 Å². The fourth-order valence-electron chi connectivity index (χ4n) is 8.17. The Labute approximate surface area is 228 Å². The molecule has 0 spiro atoms. The number of nitrogens with one attached hydrogen (secondary N) is 1. The molecule has 204 valence electrons. The molecule has 3 aliphatic carbocycles. The van der Waals surface area contributed by atoms with Crippen LogP contribution >= 0.6 is 0 Å². The molecular weight excluding hydrogens is 494 g/mol. The molecular formula is C32H36F2N4O. The highest BCUT2D eigenvalue weighted by Gasteiger charge is 2.72. The summed E-state index contributed by atoms with van der Waals surface area (Å²) in [5.74, 6) is -0.875. The predicted molar refractivity (Wildman–Crippen MR) is 147 cm³/mol. The zero-order valence-electron chi connectivity index (χ0n) is 22.8. The number of aromatic amines is 1. The van der Waals surface area contributed by atoms with Gasteiger partial charge < -0.3 is 9.72 Å². The number of H-pyrrole nitrogens is 1. The van der Waals surface area contributed by atoms with Gasteiger partial charge in [0.1, 0.15) is 23.5 Å². The van der Waals surface area contributed by atoms with Crippen LogP contribution in [-0.4, -0.2) is 52.1 Å². The van der Waals surface area contributed by atoms with Gasteiger partial charge in [-0.1, -0.05) is 31.5 Å². The number of para-hydroxylation sites is 1. The average Bonchev–Trinajstić information content (AvgIpc) is 3.46. The number of ether oxygens (including phenoxy) is 1. The van der Waals surface area contributed by atoms with Gasteiger partial charge in [-0.15, -0.1) is 0 Å². The minimum Gasteiger partial charge on any atom is -0.489 e. The molecule has 3 heterocycles.